The second-order valence-electron chi connectivity index (χ2n) is 6.21. The second-order valence-corrected chi connectivity index (χ2v) is 6.21. The van der Waals surface area contributed by atoms with Gasteiger partial charge in [-0.3, -0.25) is 4.79 Å². The fourth-order valence-electron chi connectivity index (χ4n) is 2.73. The number of hydrogen-bond donors (Lipinski definition) is 1. The summed E-state index contributed by atoms with van der Waals surface area (Å²) in [5.41, 5.74) is 0.835. The third-order valence-corrected chi connectivity index (χ3v) is 4.22. The number of aryl methyl sites for hydroxylation is 1. The maximum atomic E-state index is 13.8. The summed E-state index contributed by atoms with van der Waals surface area (Å²) in [5, 5.41) is 2.73. The first-order chi connectivity index (χ1) is 12.9. The summed E-state index contributed by atoms with van der Waals surface area (Å²) in [6.07, 6.45) is 0.489. The van der Waals surface area contributed by atoms with E-state index in [4.69, 9.17) is 4.42 Å². The van der Waals surface area contributed by atoms with E-state index in [1.165, 1.54) is 12.1 Å². The Hall–Kier alpha value is -3.02. The summed E-state index contributed by atoms with van der Waals surface area (Å²) in [5.74, 6) is -1.55. The normalized spacial score (nSPS) is 12.0. The van der Waals surface area contributed by atoms with E-state index in [1.54, 1.807) is 37.3 Å². The van der Waals surface area contributed by atoms with Crippen molar-refractivity contribution >= 4 is 5.91 Å². The van der Waals surface area contributed by atoms with Gasteiger partial charge in [0.1, 0.15) is 17.3 Å². The average Bonchev–Trinajstić information content (AvgIpc) is 3.11. The molecule has 1 aromatic heterocycles. The quantitative estimate of drug-likeness (QED) is 0.647. The van der Waals surface area contributed by atoms with Crippen molar-refractivity contribution < 1.29 is 22.4 Å². The van der Waals surface area contributed by atoms with Gasteiger partial charge in [0.05, 0.1) is 11.6 Å². The Labute approximate surface area is 154 Å². The molecule has 3 nitrogen and oxygen atoms in total. The number of rotatable bonds is 6. The molecule has 0 aliphatic heterocycles. The summed E-state index contributed by atoms with van der Waals surface area (Å²) in [7, 11) is 0. The third-order valence-electron chi connectivity index (χ3n) is 4.22. The lowest BCUT2D eigenvalue weighted by Crippen LogP contribution is -2.26. The van der Waals surface area contributed by atoms with Crippen LogP contribution >= 0.6 is 0 Å². The van der Waals surface area contributed by atoms with Gasteiger partial charge in [0.2, 0.25) is 5.91 Å². The van der Waals surface area contributed by atoms with Gasteiger partial charge in [-0.1, -0.05) is 18.2 Å². The Morgan fingerprint density at radius 3 is 2.52 bits per heavy atom. The van der Waals surface area contributed by atoms with Gasteiger partial charge < -0.3 is 9.73 Å². The Morgan fingerprint density at radius 2 is 1.78 bits per heavy atom. The molecule has 27 heavy (non-hydrogen) atoms. The van der Waals surface area contributed by atoms with Gasteiger partial charge in [-0.15, -0.1) is 0 Å². The van der Waals surface area contributed by atoms with Crippen molar-refractivity contribution in [3.8, 4) is 11.3 Å². The molecule has 140 valence electrons. The SMILES string of the molecule is CC(NC(=O)CCc1ccc(-c2ccccc2F)o1)c1ccc(F)c(F)c1. The first-order valence-corrected chi connectivity index (χ1v) is 8.52. The molecule has 0 saturated heterocycles. The molecule has 1 heterocycles. The minimum Gasteiger partial charge on any atom is -0.461 e. The van der Waals surface area contributed by atoms with E-state index in [0.29, 0.717) is 29.1 Å². The monoisotopic (exact) mass is 373 g/mol. The Morgan fingerprint density at radius 1 is 1.00 bits per heavy atom. The van der Waals surface area contributed by atoms with Crippen LogP contribution in [0.3, 0.4) is 0 Å². The van der Waals surface area contributed by atoms with E-state index in [0.717, 1.165) is 12.1 Å². The molecule has 0 bridgehead atoms. The zero-order chi connectivity index (χ0) is 19.4. The van der Waals surface area contributed by atoms with Crippen molar-refractivity contribution in [1.29, 1.82) is 0 Å². The summed E-state index contributed by atoms with van der Waals surface area (Å²) >= 11 is 0. The third kappa shape index (κ3) is 4.58. The van der Waals surface area contributed by atoms with Crippen LogP contribution in [-0.2, 0) is 11.2 Å². The number of carbonyl (C=O) groups excluding carboxylic acids is 1. The topological polar surface area (TPSA) is 42.2 Å². The summed E-state index contributed by atoms with van der Waals surface area (Å²) in [6.45, 7) is 1.69. The average molecular weight is 373 g/mol. The lowest BCUT2D eigenvalue weighted by molar-refractivity contribution is -0.121. The van der Waals surface area contributed by atoms with Crippen molar-refractivity contribution in [3.05, 3.63) is 83.4 Å². The minimum absolute atomic E-state index is 0.151. The summed E-state index contributed by atoms with van der Waals surface area (Å²) in [4.78, 5) is 12.1. The molecule has 0 fully saturated rings. The van der Waals surface area contributed by atoms with E-state index in [9.17, 15) is 18.0 Å². The van der Waals surface area contributed by atoms with Crippen LogP contribution in [0.1, 0.15) is 30.7 Å². The molecule has 0 radical (unpaired) electrons. The molecule has 0 spiro atoms. The molecule has 1 amide bonds. The molecule has 0 aliphatic carbocycles. The van der Waals surface area contributed by atoms with Crippen LogP contribution in [0.15, 0.2) is 59.0 Å². The largest absolute Gasteiger partial charge is 0.461 e. The zero-order valence-corrected chi connectivity index (χ0v) is 14.6. The van der Waals surface area contributed by atoms with Gasteiger partial charge in [0.25, 0.3) is 0 Å². The van der Waals surface area contributed by atoms with Gasteiger partial charge in [0.15, 0.2) is 11.6 Å². The summed E-state index contributed by atoms with van der Waals surface area (Å²) in [6, 6.07) is 12.7. The van der Waals surface area contributed by atoms with E-state index < -0.39 is 17.7 Å². The Bertz CT molecular complexity index is 952. The summed E-state index contributed by atoms with van der Waals surface area (Å²) < 4.78 is 45.7. The molecule has 0 saturated carbocycles. The lowest BCUT2D eigenvalue weighted by Gasteiger charge is -2.14. The molecular formula is C21H18F3NO2. The standard InChI is InChI=1S/C21H18F3NO2/c1-13(14-6-9-18(23)19(24)12-14)25-21(26)11-8-15-7-10-20(27-15)16-4-2-3-5-17(16)22/h2-7,9-10,12-13H,8,11H2,1H3,(H,25,26). The number of carbonyl (C=O) groups is 1. The van der Waals surface area contributed by atoms with E-state index in [-0.39, 0.29) is 18.1 Å². The maximum absolute atomic E-state index is 13.8. The van der Waals surface area contributed by atoms with Crippen molar-refractivity contribution in [1.82, 2.24) is 5.32 Å². The molecule has 3 rings (SSSR count). The van der Waals surface area contributed by atoms with Crippen LogP contribution in [0.2, 0.25) is 0 Å². The molecule has 1 atom stereocenters. The van der Waals surface area contributed by atoms with Crippen LogP contribution in [-0.4, -0.2) is 5.91 Å². The molecular weight excluding hydrogens is 355 g/mol. The smallest absolute Gasteiger partial charge is 0.220 e. The highest BCUT2D eigenvalue weighted by atomic mass is 19.2. The lowest BCUT2D eigenvalue weighted by atomic mass is 10.1. The van der Waals surface area contributed by atoms with Crippen LogP contribution in [0, 0.1) is 17.5 Å². The highest BCUT2D eigenvalue weighted by Gasteiger charge is 2.14. The highest BCUT2D eigenvalue weighted by Crippen LogP contribution is 2.25. The number of benzene rings is 2. The van der Waals surface area contributed by atoms with E-state index in [1.807, 2.05) is 0 Å². The van der Waals surface area contributed by atoms with Crippen molar-refractivity contribution in [2.24, 2.45) is 0 Å². The van der Waals surface area contributed by atoms with Crippen LogP contribution in [0.4, 0.5) is 13.2 Å². The second kappa shape index (κ2) is 8.12. The van der Waals surface area contributed by atoms with E-state index >= 15 is 0 Å². The van der Waals surface area contributed by atoms with Gasteiger partial charge in [-0.05, 0) is 48.9 Å². The van der Waals surface area contributed by atoms with Gasteiger partial charge in [-0.25, -0.2) is 13.2 Å². The molecule has 6 heteroatoms. The molecule has 3 aromatic rings. The van der Waals surface area contributed by atoms with Crippen molar-refractivity contribution in [3.63, 3.8) is 0 Å². The number of halogens is 3. The van der Waals surface area contributed by atoms with Crippen molar-refractivity contribution in [2.45, 2.75) is 25.8 Å². The fourth-order valence-corrected chi connectivity index (χ4v) is 2.73. The first kappa shape index (κ1) is 18.8. The first-order valence-electron chi connectivity index (χ1n) is 8.52. The zero-order valence-electron chi connectivity index (χ0n) is 14.6. The Balaban J connectivity index is 1.56. The highest BCUT2D eigenvalue weighted by molar-refractivity contribution is 5.76. The van der Waals surface area contributed by atoms with Crippen LogP contribution in [0.25, 0.3) is 11.3 Å². The number of nitrogens with one attached hydrogen (secondary N) is 1. The van der Waals surface area contributed by atoms with Gasteiger partial charge in [-0.2, -0.15) is 0 Å². The number of hydrogen-bond acceptors (Lipinski definition) is 2. The number of amides is 1. The van der Waals surface area contributed by atoms with Crippen molar-refractivity contribution in [2.75, 3.05) is 0 Å². The number of furan rings is 1. The van der Waals surface area contributed by atoms with E-state index in [2.05, 4.69) is 5.32 Å². The molecule has 1 N–H and O–H groups in total. The molecule has 1 unspecified atom stereocenters. The molecule has 2 aromatic carbocycles. The molecule has 0 aliphatic rings. The fraction of sp³-hybridized carbons (Fsp3) is 0.190. The predicted molar refractivity (Wildman–Crippen MR) is 95.3 cm³/mol. The van der Waals surface area contributed by atoms with Crippen LogP contribution < -0.4 is 5.32 Å². The maximum Gasteiger partial charge on any atom is 0.220 e. The Kier molecular flexibility index (Phi) is 5.64. The van der Waals surface area contributed by atoms with Gasteiger partial charge in [0, 0.05) is 12.8 Å². The minimum atomic E-state index is -0.954. The predicted octanol–water partition coefficient (Wildman–Crippen LogP) is 5.17. The van der Waals surface area contributed by atoms with Gasteiger partial charge >= 0.3 is 0 Å². The van der Waals surface area contributed by atoms with Crippen LogP contribution in [0.5, 0.6) is 0 Å².